The van der Waals surface area contributed by atoms with Crippen molar-refractivity contribution in [3.8, 4) is 0 Å². The molecule has 1 aromatic rings. The predicted molar refractivity (Wildman–Crippen MR) is 59.5 cm³/mol. The Morgan fingerprint density at radius 1 is 1.44 bits per heavy atom. The molecule has 0 fully saturated rings. The monoisotopic (exact) mass is 245 g/mol. The summed E-state index contributed by atoms with van der Waals surface area (Å²) in [4.78, 5) is 10.6. The predicted octanol–water partition coefficient (Wildman–Crippen LogP) is 1.79. The molecule has 0 heterocycles. The number of halogens is 1. The third kappa shape index (κ3) is 3.30. The van der Waals surface area contributed by atoms with Crippen LogP contribution in [0.25, 0.3) is 0 Å². The molecule has 0 spiro atoms. The van der Waals surface area contributed by atoms with Gasteiger partial charge in [-0.1, -0.05) is 6.92 Å². The smallest absolute Gasteiger partial charge is 0.232 e. The van der Waals surface area contributed by atoms with E-state index in [9.17, 15) is 17.6 Å². The van der Waals surface area contributed by atoms with Crippen molar-refractivity contribution in [2.45, 2.75) is 13.3 Å². The Morgan fingerprint density at radius 2 is 2.12 bits per heavy atom. The minimum Gasteiger partial charge on any atom is -0.298 e. The zero-order valence-corrected chi connectivity index (χ0v) is 9.55. The van der Waals surface area contributed by atoms with Crippen molar-refractivity contribution in [2.75, 3.05) is 10.5 Å². The minimum absolute atomic E-state index is 0.0142. The Labute approximate surface area is 93.5 Å². The number of aldehydes is 1. The van der Waals surface area contributed by atoms with Gasteiger partial charge >= 0.3 is 0 Å². The highest BCUT2D eigenvalue weighted by Gasteiger charge is 2.11. The fraction of sp³-hybridized carbons (Fsp3) is 0.300. The summed E-state index contributed by atoms with van der Waals surface area (Å²) in [7, 11) is -3.46. The van der Waals surface area contributed by atoms with Crippen molar-refractivity contribution >= 4 is 22.0 Å². The SMILES string of the molecule is CCCS(=O)(=O)Nc1ccc(F)cc1C=O. The van der Waals surface area contributed by atoms with Gasteiger partial charge in [0.2, 0.25) is 10.0 Å². The molecule has 0 bridgehead atoms. The molecule has 0 saturated carbocycles. The number of nitrogens with one attached hydrogen (secondary N) is 1. The van der Waals surface area contributed by atoms with Gasteiger partial charge in [-0.2, -0.15) is 0 Å². The van der Waals surface area contributed by atoms with E-state index >= 15 is 0 Å². The number of carbonyl (C=O) groups is 1. The molecule has 0 amide bonds. The van der Waals surface area contributed by atoms with Gasteiger partial charge in [-0.3, -0.25) is 9.52 Å². The molecular weight excluding hydrogens is 233 g/mol. The largest absolute Gasteiger partial charge is 0.298 e. The molecule has 0 aromatic heterocycles. The van der Waals surface area contributed by atoms with Crippen LogP contribution >= 0.6 is 0 Å². The summed E-state index contributed by atoms with van der Waals surface area (Å²) in [5, 5.41) is 0. The molecule has 0 unspecified atom stereocenters. The lowest BCUT2D eigenvalue weighted by Crippen LogP contribution is -2.17. The van der Waals surface area contributed by atoms with E-state index in [-0.39, 0.29) is 17.0 Å². The van der Waals surface area contributed by atoms with Crippen LogP contribution in [0.1, 0.15) is 23.7 Å². The first-order chi connectivity index (χ1) is 7.48. The summed E-state index contributed by atoms with van der Waals surface area (Å²) in [5.41, 5.74) is 0.0875. The molecule has 0 radical (unpaired) electrons. The van der Waals surface area contributed by atoms with Gasteiger partial charge in [0.25, 0.3) is 0 Å². The summed E-state index contributed by atoms with van der Waals surface area (Å²) < 4.78 is 37.9. The molecule has 0 aliphatic carbocycles. The van der Waals surface area contributed by atoms with Gasteiger partial charge in [0.05, 0.1) is 11.4 Å². The molecule has 1 rings (SSSR count). The van der Waals surface area contributed by atoms with Gasteiger partial charge in [0, 0.05) is 5.56 Å². The molecular formula is C10H12FNO3S. The summed E-state index contributed by atoms with van der Waals surface area (Å²) in [5.74, 6) is -0.622. The van der Waals surface area contributed by atoms with E-state index in [1.165, 1.54) is 6.07 Å². The molecule has 0 aliphatic rings. The molecule has 0 saturated heterocycles. The molecule has 1 aromatic carbocycles. The van der Waals surface area contributed by atoms with E-state index in [1.807, 2.05) is 0 Å². The zero-order valence-electron chi connectivity index (χ0n) is 8.73. The highest BCUT2D eigenvalue weighted by atomic mass is 32.2. The van der Waals surface area contributed by atoms with E-state index in [0.717, 1.165) is 12.1 Å². The summed E-state index contributed by atoms with van der Waals surface area (Å²) in [6.07, 6.45) is 0.875. The molecule has 6 heteroatoms. The zero-order chi connectivity index (χ0) is 12.2. The van der Waals surface area contributed by atoms with Crippen molar-refractivity contribution in [2.24, 2.45) is 0 Å². The van der Waals surface area contributed by atoms with Gasteiger partial charge in [0.1, 0.15) is 5.82 Å². The summed E-state index contributed by atoms with van der Waals surface area (Å²) >= 11 is 0. The van der Waals surface area contributed by atoms with E-state index in [2.05, 4.69) is 4.72 Å². The van der Waals surface area contributed by atoms with Crippen LogP contribution in [0.5, 0.6) is 0 Å². The summed E-state index contributed by atoms with van der Waals surface area (Å²) in [6.45, 7) is 1.73. The Bertz CT molecular complexity index is 485. The first kappa shape index (κ1) is 12.6. The maximum Gasteiger partial charge on any atom is 0.232 e. The average Bonchev–Trinajstić information content (AvgIpc) is 2.20. The van der Waals surface area contributed by atoms with Crippen molar-refractivity contribution in [3.63, 3.8) is 0 Å². The Kier molecular flexibility index (Phi) is 4.00. The third-order valence-electron chi connectivity index (χ3n) is 1.88. The first-order valence-electron chi connectivity index (χ1n) is 4.73. The van der Waals surface area contributed by atoms with Crippen LogP contribution in [0.15, 0.2) is 18.2 Å². The van der Waals surface area contributed by atoms with Crippen molar-refractivity contribution in [1.29, 1.82) is 0 Å². The molecule has 1 N–H and O–H groups in total. The van der Waals surface area contributed by atoms with Gasteiger partial charge in [-0.15, -0.1) is 0 Å². The molecule has 0 atom stereocenters. The van der Waals surface area contributed by atoms with Crippen LogP contribution in [-0.2, 0) is 10.0 Å². The number of benzene rings is 1. The lowest BCUT2D eigenvalue weighted by molar-refractivity contribution is 0.112. The van der Waals surface area contributed by atoms with E-state index in [1.54, 1.807) is 6.92 Å². The van der Waals surface area contributed by atoms with Crippen molar-refractivity contribution < 1.29 is 17.6 Å². The number of carbonyl (C=O) groups excluding carboxylic acids is 1. The summed E-state index contributed by atoms with van der Waals surface area (Å²) in [6, 6.07) is 3.31. The average molecular weight is 245 g/mol. The number of hydrogen-bond donors (Lipinski definition) is 1. The first-order valence-corrected chi connectivity index (χ1v) is 6.39. The van der Waals surface area contributed by atoms with Crippen LogP contribution in [0.4, 0.5) is 10.1 Å². The number of hydrogen-bond acceptors (Lipinski definition) is 3. The fourth-order valence-electron chi connectivity index (χ4n) is 1.21. The quantitative estimate of drug-likeness (QED) is 0.804. The van der Waals surface area contributed by atoms with Gasteiger partial charge in [-0.05, 0) is 24.6 Å². The van der Waals surface area contributed by atoms with E-state index < -0.39 is 15.8 Å². The lowest BCUT2D eigenvalue weighted by atomic mass is 10.2. The second-order valence-electron chi connectivity index (χ2n) is 3.27. The Balaban J connectivity index is 3.02. The number of rotatable bonds is 5. The van der Waals surface area contributed by atoms with Crippen LogP contribution in [0, 0.1) is 5.82 Å². The Hall–Kier alpha value is -1.43. The lowest BCUT2D eigenvalue weighted by Gasteiger charge is -2.08. The highest BCUT2D eigenvalue weighted by molar-refractivity contribution is 7.92. The third-order valence-corrected chi connectivity index (χ3v) is 3.36. The van der Waals surface area contributed by atoms with Crippen LogP contribution in [-0.4, -0.2) is 20.5 Å². The molecule has 4 nitrogen and oxygen atoms in total. The van der Waals surface area contributed by atoms with E-state index in [4.69, 9.17) is 0 Å². The standard InChI is InChI=1S/C10H12FNO3S/c1-2-5-16(14,15)12-10-4-3-9(11)6-8(10)7-13/h3-4,6-7,12H,2,5H2,1H3. The minimum atomic E-state index is -3.46. The highest BCUT2D eigenvalue weighted by Crippen LogP contribution is 2.16. The van der Waals surface area contributed by atoms with Crippen LogP contribution < -0.4 is 4.72 Å². The topological polar surface area (TPSA) is 63.2 Å². The number of sulfonamides is 1. The maximum atomic E-state index is 12.8. The molecule has 16 heavy (non-hydrogen) atoms. The van der Waals surface area contributed by atoms with Crippen molar-refractivity contribution in [3.05, 3.63) is 29.6 Å². The van der Waals surface area contributed by atoms with Crippen LogP contribution in [0.3, 0.4) is 0 Å². The fourth-order valence-corrected chi connectivity index (χ4v) is 2.37. The normalized spacial score (nSPS) is 11.1. The second kappa shape index (κ2) is 5.07. The van der Waals surface area contributed by atoms with Gasteiger partial charge in [-0.25, -0.2) is 12.8 Å². The van der Waals surface area contributed by atoms with Crippen molar-refractivity contribution in [1.82, 2.24) is 0 Å². The van der Waals surface area contributed by atoms with Crippen LogP contribution in [0.2, 0.25) is 0 Å². The van der Waals surface area contributed by atoms with E-state index in [0.29, 0.717) is 12.7 Å². The maximum absolute atomic E-state index is 12.8. The van der Waals surface area contributed by atoms with Gasteiger partial charge in [0.15, 0.2) is 6.29 Å². The Morgan fingerprint density at radius 3 is 2.69 bits per heavy atom. The molecule has 88 valence electrons. The molecule has 0 aliphatic heterocycles. The number of anilines is 1. The van der Waals surface area contributed by atoms with Gasteiger partial charge < -0.3 is 0 Å². The second-order valence-corrected chi connectivity index (χ2v) is 5.11.